The van der Waals surface area contributed by atoms with Crippen molar-refractivity contribution in [3.8, 4) is 0 Å². The normalized spacial score (nSPS) is 19.3. The van der Waals surface area contributed by atoms with Crippen molar-refractivity contribution in [2.24, 2.45) is 0 Å². The molecule has 0 saturated carbocycles. The Hall–Kier alpha value is -1.55. The van der Waals surface area contributed by atoms with Crippen LogP contribution in [0.2, 0.25) is 5.02 Å². The molecule has 1 atom stereocenters. The Morgan fingerprint density at radius 1 is 1.38 bits per heavy atom. The lowest BCUT2D eigenvalue weighted by Crippen LogP contribution is -2.22. The first-order valence-corrected chi connectivity index (χ1v) is 5.18. The summed E-state index contributed by atoms with van der Waals surface area (Å²) in [5.74, 6) is -1.03. The molecule has 1 aliphatic heterocycles. The highest BCUT2D eigenvalue weighted by molar-refractivity contribution is 6.30. The highest BCUT2D eigenvalue weighted by atomic mass is 35.5. The van der Waals surface area contributed by atoms with Crippen LogP contribution in [0.3, 0.4) is 0 Å². The molecule has 1 aliphatic rings. The fraction of sp³-hybridized carbons (Fsp3) is 0.273. The smallest absolute Gasteiger partial charge is 0.347 e. The van der Waals surface area contributed by atoms with Crippen LogP contribution >= 0.6 is 11.6 Å². The third-order valence-electron chi connectivity index (χ3n) is 2.22. The number of hydrogen-bond acceptors (Lipinski definition) is 4. The largest absolute Gasteiger partial charge is 0.463 e. The van der Waals surface area contributed by atoms with E-state index in [9.17, 15) is 9.59 Å². The van der Waals surface area contributed by atoms with Crippen LogP contribution in [0.15, 0.2) is 24.3 Å². The summed E-state index contributed by atoms with van der Waals surface area (Å²) in [6.07, 6.45) is -0.360. The minimum absolute atomic E-state index is 0.303. The zero-order chi connectivity index (χ0) is 11.5. The SMILES string of the molecule is O=C(O[C@H]1CCOC1=O)c1ccc(Cl)cc1. The van der Waals surface area contributed by atoms with Crippen LogP contribution in [-0.2, 0) is 14.3 Å². The molecular weight excluding hydrogens is 232 g/mol. The number of esters is 2. The predicted molar refractivity (Wildman–Crippen MR) is 56.2 cm³/mol. The van der Waals surface area contributed by atoms with Gasteiger partial charge in [0.2, 0.25) is 6.10 Å². The molecule has 1 aromatic rings. The van der Waals surface area contributed by atoms with Crippen molar-refractivity contribution in [2.75, 3.05) is 6.61 Å². The Labute approximate surface area is 97.1 Å². The lowest BCUT2D eigenvalue weighted by atomic mass is 10.2. The maximum atomic E-state index is 11.6. The van der Waals surface area contributed by atoms with Crippen molar-refractivity contribution in [1.29, 1.82) is 0 Å². The second-order valence-electron chi connectivity index (χ2n) is 3.36. The maximum Gasteiger partial charge on any atom is 0.347 e. The number of rotatable bonds is 2. The first kappa shape index (κ1) is 11.0. The number of cyclic esters (lactones) is 1. The summed E-state index contributed by atoms with van der Waals surface area (Å²) in [6, 6.07) is 6.27. The van der Waals surface area contributed by atoms with Gasteiger partial charge in [0.05, 0.1) is 12.2 Å². The van der Waals surface area contributed by atoms with Gasteiger partial charge in [0.1, 0.15) is 0 Å². The number of halogens is 1. The van der Waals surface area contributed by atoms with E-state index in [2.05, 4.69) is 4.74 Å². The molecular formula is C11H9ClO4. The molecule has 4 nitrogen and oxygen atoms in total. The van der Waals surface area contributed by atoms with E-state index in [1.54, 1.807) is 24.3 Å². The second-order valence-corrected chi connectivity index (χ2v) is 3.79. The molecule has 0 aliphatic carbocycles. The third-order valence-corrected chi connectivity index (χ3v) is 2.47. The van der Waals surface area contributed by atoms with Crippen LogP contribution in [0.1, 0.15) is 16.8 Å². The Bertz CT molecular complexity index is 412. The van der Waals surface area contributed by atoms with Gasteiger partial charge in [0.25, 0.3) is 0 Å². The Balaban J connectivity index is 2.02. The first-order chi connectivity index (χ1) is 7.66. The first-order valence-electron chi connectivity index (χ1n) is 4.80. The van der Waals surface area contributed by atoms with E-state index in [1.807, 2.05) is 0 Å². The number of benzene rings is 1. The van der Waals surface area contributed by atoms with Crippen LogP contribution < -0.4 is 0 Å². The predicted octanol–water partition coefficient (Wildman–Crippen LogP) is 1.81. The highest BCUT2D eigenvalue weighted by Crippen LogP contribution is 2.15. The van der Waals surface area contributed by atoms with E-state index in [0.29, 0.717) is 23.6 Å². The molecule has 1 fully saturated rings. The average molecular weight is 241 g/mol. The number of carbonyl (C=O) groups excluding carboxylic acids is 2. The molecule has 0 spiro atoms. The fourth-order valence-electron chi connectivity index (χ4n) is 1.37. The summed E-state index contributed by atoms with van der Waals surface area (Å²) in [7, 11) is 0. The topological polar surface area (TPSA) is 52.6 Å². The molecule has 1 saturated heterocycles. The van der Waals surface area contributed by atoms with Crippen molar-refractivity contribution in [3.05, 3.63) is 34.9 Å². The van der Waals surface area contributed by atoms with E-state index in [-0.39, 0.29) is 0 Å². The van der Waals surface area contributed by atoms with E-state index in [1.165, 1.54) is 0 Å². The Morgan fingerprint density at radius 2 is 2.06 bits per heavy atom. The number of hydrogen-bond donors (Lipinski definition) is 0. The quantitative estimate of drug-likeness (QED) is 0.740. The van der Waals surface area contributed by atoms with Gasteiger partial charge in [-0.1, -0.05) is 11.6 Å². The van der Waals surface area contributed by atoms with Crippen LogP contribution in [0.25, 0.3) is 0 Å². The van der Waals surface area contributed by atoms with Crippen molar-refractivity contribution in [1.82, 2.24) is 0 Å². The summed E-state index contributed by atoms with van der Waals surface area (Å²) in [5, 5.41) is 0.539. The molecule has 84 valence electrons. The molecule has 5 heteroatoms. The van der Waals surface area contributed by atoms with E-state index in [4.69, 9.17) is 16.3 Å². The molecule has 2 rings (SSSR count). The Kier molecular flexibility index (Phi) is 3.10. The minimum atomic E-state index is -0.775. The maximum absolute atomic E-state index is 11.6. The summed E-state index contributed by atoms with van der Waals surface area (Å²) in [5.41, 5.74) is 0.365. The molecule has 0 radical (unpaired) electrons. The van der Waals surface area contributed by atoms with Crippen molar-refractivity contribution >= 4 is 23.5 Å². The van der Waals surface area contributed by atoms with Gasteiger partial charge in [-0.05, 0) is 24.3 Å². The Morgan fingerprint density at radius 3 is 2.62 bits per heavy atom. The van der Waals surface area contributed by atoms with E-state index in [0.717, 1.165) is 0 Å². The summed E-state index contributed by atoms with van der Waals surface area (Å²) >= 11 is 5.68. The second kappa shape index (κ2) is 4.53. The standard InChI is InChI=1S/C11H9ClO4/c12-8-3-1-7(2-4-8)10(13)16-9-5-6-15-11(9)14/h1-4,9H,5-6H2/t9-/m0/s1. The lowest BCUT2D eigenvalue weighted by Gasteiger charge is -2.07. The van der Waals surface area contributed by atoms with Crippen LogP contribution in [0.5, 0.6) is 0 Å². The van der Waals surface area contributed by atoms with Gasteiger partial charge in [0, 0.05) is 11.4 Å². The van der Waals surface area contributed by atoms with E-state index < -0.39 is 18.0 Å². The van der Waals surface area contributed by atoms with Crippen molar-refractivity contribution in [3.63, 3.8) is 0 Å². The van der Waals surface area contributed by atoms with Crippen molar-refractivity contribution < 1.29 is 19.1 Å². The summed E-state index contributed by atoms with van der Waals surface area (Å²) in [6.45, 7) is 0.303. The molecule has 0 N–H and O–H groups in total. The molecule has 1 aromatic carbocycles. The lowest BCUT2D eigenvalue weighted by molar-refractivity contribution is -0.145. The zero-order valence-electron chi connectivity index (χ0n) is 8.31. The monoisotopic (exact) mass is 240 g/mol. The molecule has 0 bridgehead atoms. The van der Waals surface area contributed by atoms with Gasteiger partial charge in [-0.15, -0.1) is 0 Å². The fourth-order valence-corrected chi connectivity index (χ4v) is 1.49. The van der Waals surface area contributed by atoms with Gasteiger partial charge >= 0.3 is 11.9 Å². The zero-order valence-corrected chi connectivity index (χ0v) is 9.07. The van der Waals surface area contributed by atoms with E-state index >= 15 is 0 Å². The van der Waals surface area contributed by atoms with Gasteiger partial charge in [-0.3, -0.25) is 0 Å². The van der Waals surface area contributed by atoms with Crippen LogP contribution in [-0.4, -0.2) is 24.6 Å². The van der Waals surface area contributed by atoms with Crippen molar-refractivity contribution in [2.45, 2.75) is 12.5 Å². The molecule has 0 aromatic heterocycles. The highest BCUT2D eigenvalue weighted by Gasteiger charge is 2.30. The van der Waals surface area contributed by atoms with Gasteiger partial charge in [-0.25, -0.2) is 9.59 Å². The number of carbonyl (C=O) groups is 2. The average Bonchev–Trinajstić information content (AvgIpc) is 2.65. The molecule has 1 heterocycles. The van der Waals surface area contributed by atoms with Crippen LogP contribution in [0.4, 0.5) is 0 Å². The minimum Gasteiger partial charge on any atom is -0.463 e. The summed E-state index contributed by atoms with van der Waals surface area (Å²) < 4.78 is 9.68. The van der Waals surface area contributed by atoms with Gasteiger partial charge in [-0.2, -0.15) is 0 Å². The summed E-state index contributed by atoms with van der Waals surface area (Å²) in [4.78, 5) is 22.7. The molecule has 0 unspecified atom stereocenters. The number of ether oxygens (including phenoxy) is 2. The third kappa shape index (κ3) is 2.33. The van der Waals surface area contributed by atoms with Crippen LogP contribution in [0, 0.1) is 0 Å². The van der Waals surface area contributed by atoms with Gasteiger partial charge in [0.15, 0.2) is 0 Å². The molecule has 16 heavy (non-hydrogen) atoms. The molecule has 0 amide bonds. The van der Waals surface area contributed by atoms with Gasteiger partial charge < -0.3 is 9.47 Å².